The van der Waals surface area contributed by atoms with Crippen molar-refractivity contribution in [1.29, 1.82) is 0 Å². The number of carbonyl (C=O) groups excluding carboxylic acids is 3. The van der Waals surface area contributed by atoms with Gasteiger partial charge in [-0.3, -0.25) is 14.4 Å². The first-order valence-corrected chi connectivity index (χ1v) is 15.7. The second-order valence-electron chi connectivity index (χ2n) is 11.1. The summed E-state index contributed by atoms with van der Waals surface area (Å²) < 4.78 is 6.11. The highest BCUT2D eigenvalue weighted by atomic mass is 16.5. The fourth-order valence-corrected chi connectivity index (χ4v) is 5.22. The molecule has 0 radical (unpaired) electrons. The third kappa shape index (κ3) is 12.2. The summed E-state index contributed by atoms with van der Waals surface area (Å²) in [5, 5.41) is 12.5. The summed E-state index contributed by atoms with van der Waals surface area (Å²) >= 11 is 0. The summed E-state index contributed by atoms with van der Waals surface area (Å²) in [6.45, 7) is 7.97. The van der Waals surface area contributed by atoms with Crippen LogP contribution in [0.3, 0.4) is 0 Å². The van der Waals surface area contributed by atoms with E-state index < -0.39 is 12.0 Å². The average Bonchev–Trinajstić information content (AvgIpc) is 3.07. The molecule has 3 aromatic rings. The quantitative estimate of drug-likeness (QED) is 0.0902. The highest BCUT2D eigenvalue weighted by Crippen LogP contribution is 2.24. The lowest BCUT2D eigenvalue weighted by molar-refractivity contribution is -0.155. The van der Waals surface area contributed by atoms with Gasteiger partial charge < -0.3 is 20.1 Å². The SMILES string of the molecule is C=CCCC[C@H](Cc1ccccc1)C(=O)O[C@H](CNC(=O)[C@H](CC=C)CC(=O)N(CCO)Cc1ccccc1)c1ccccc1. The van der Waals surface area contributed by atoms with Crippen LogP contribution in [0.4, 0.5) is 0 Å². The summed E-state index contributed by atoms with van der Waals surface area (Å²) in [7, 11) is 0. The first-order chi connectivity index (χ1) is 21.9. The number of unbranched alkanes of at least 4 members (excludes halogenated alkanes) is 1. The van der Waals surface area contributed by atoms with Crippen molar-refractivity contribution in [3.05, 3.63) is 133 Å². The maximum atomic E-state index is 13.6. The van der Waals surface area contributed by atoms with Gasteiger partial charge >= 0.3 is 5.97 Å². The zero-order chi connectivity index (χ0) is 32.3. The standard InChI is InChI=1S/C38H46N2O5/c1-3-5-9-23-34(26-30-17-10-6-11-18-30)38(44)45-35(32-21-14-8-15-22-32)28-39-37(43)33(16-4-2)27-36(42)40(24-25-41)29-31-19-12-7-13-20-31/h3-4,6-8,10-15,17-22,33-35,41H,1-2,5,9,16,23-29H2,(H,39,43)/t33-,34-,35-/m1/s1. The zero-order valence-electron chi connectivity index (χ0n) is 26.1. The molecule has 2 N–H and O–H groups in total. The van der Waals surface area contributed by atoms with E-state index in [-0.39, 0.29) is 49.8 Å². The second kappa shape index (κ2) is 19.7. The molecule has 7 nitrogen and oxygen atoms in total. The summed E-state index contributed by atoms with van der Waals surface area (Å²) in [5.41, 5.74) is 2.76. The third-order valence-electron chi connectivity index (χ3n) is 7.69. The molecule has 0 aromatic heterocycles. The maximum Gasteiger partial charge on any atom is 0.309 e. The number of hydrogen-bond donors (Lipinski definition) is 2. The van der Waals surface area contributed by atoms with Crippen LogP contribution in [-0.4, -0.2) is 47.5 Å². The van der Waals surface area contributed by atoms with E-state index in [0.29, 0.717) is 25.8 Å². The molecule has 238 valence electrons. The number of aliphatic hydroxyl groups is 1. The number of benzene rings is 3. The van der Waals surface area contributed by atoms with Crippen LogP contribution in [0.5, 0.6) is 0 Å². The maximum absolute atomic E-state index is 13.6. The number of esters is 1. The molecule has 0 saturated carbocycles. The molecule has 0 bridgehead atoms. The molecular formula is C38H46N2O5. The Kier molecular flexibility index (Phi) is 15.3. The third-order valence-corrected chi connectivity index (χ3v) is 7.69. The minimum absolute atomic E-state index is 0.0388. The van der Waals surface area contributed by atoms with Gasteiger partial charge in [-0.2, -0.15) is 0 Å². The number of aliphatic hydroxyl groups excluding tert-OH is 1. The predicted molar refractivity (Wildman–Crippen MR) is 178 cm³/mol. The van der Waals surface area contributed by atoms with Gasteiger partial charge in [-0.05, 0) is 48.8 Å². The fraction of sp³-hybridized carbons (Fsp3) is 0.342. The summed E-state index contributed by atoms with van der Waals surface area (Å²) in [4.78, 5) is 41.9. The van der Waals surface area contributed by atoms with Gasteiger partial charge in [0.25, 0.3) is 0 Å². The molecule has 0 unspecified atom stereocenters. The van der Waals surface area contributed by atoms with Crippen molar-refractivity contribution in [2.24, 2.45) is 11.8 Å². The Morgan fingerprint density at radius 3 is 2.07 bits per heavy atom. The normalized spacial score (nSPS) is 12.7. The van der Waals surface area contributed by atoms with Gasteiger partial charge in [0.2, 0.25) is 11.8 Å². The first-order valence-electron chi connectivity index (χ1n) is 15.7. The molecule has 0 aliphatic rings. The molecule has 3 aromatic carbocycles. The number of hydrogen-bond acceptors (Lipinski definition) is 5. The minimum Gasteiger partial charge on any atom is -0.455 e. The van der Waals surface area contributed by atoms with Gasteiger partial charge in [-0.1, -0.05) is 103 Å². The van der Waals surface area contributed by atoms with E-state index in [1.807, 2.05) is 97.1 Å². The van der Waals surface area contributed by atoms with Crippen LogP contribution in [-0.2, 0) is 32.1 Å². The molecule has 0 heterocycles. The minimum atomic E-state index is -0.704. The van der Waals surface area contributed by atoms with Crippen molar-refractivity contribution in [1.82, 2.24) is 10.2 Å². The lowest BCUT2D eigenvalue weighted by Crippen LogP contribution is -2.39. The molecule has 3 rings (SSSR count). The van der Waals surface area contributed by atoms with Crippen LogP contribution in [0.1, 0.15) is 54.9 Å². The largest absolute Gasteiger partial charge is 0.455 e. The predicted octanol–water partition coefficient (Wildman–Crippen LogP) is 6.21. The van der Waals surface area contributed by atoms with Crippen molar-refractivity contribution in [2.75, 3.05) is 19.7 Å². The van der Waals surface area contributed by atoms with E-state index in [4.69, 9.17) is 4.74 Å². The molecule has 0 aliphatic heterocycles. The van der Waals surface area contributed by atoms with Gasteiger partial charge in [0, 0.05) is 19.5 Å². The van der Waals surface area contributed by atoms with E-state index >= 15 is 0 Å². The number of carbonyl (C=O) groups is 3. The molecule has 0 aliphatic carbocycles. The van der Waals surface area contributed by atoms with Crippen LogP contribution in [0.25, 0.3) is 0 Å². The summed E-state index contributed by atoms with van der Waals surface area (Å²) in [6, 6.07) is 28.8. The Bertz CT molecular complexity index is 1330. The van der Waals surface area contributed by atoms with E-state index in [9.17, 15) is 19.5 Å². The molecule has 45 heavy (non-hydrogen) atoms. The Hall–Kier alpha value is -4.49. The monoisotopic (exact) mass is 610 g/mol. The number of rotatable bonds is 20. The molecular weight excluding hydrogens is 564 g/mol. The van der Waals surface area contributed by atoms with E-state index in [1.165, 1.54) is 0 Å². The van der Waals surface area contributed by atoms with Gasteiger partial charge in [0.1, 0.15) is 6.10 Å². The lowest BCUT2D eigenvalue weighted by atomic mass is 9.94. The Labute approximate surface area is 267 Å². The Morgan fingerprint density at radius 1 is 0.844 bits per heavy atom. The summed E-state index contributed by atoms with van der Waals surface area (Å²) in [5.74, 6) is -1.88. The van der Waals surface area contributed by atoms with Gasteiger partial charge in [-0.25, -0.2) is 0 Å². The van der Waals surface area contributed by atoms with Gasteiger partial charge in [-0.15, -0.1) is 13.2 Å². The van der Waals surface area contributed by atoms with Gasteiger partial charge in [0.15, 0.2) is 0 Å². The highest BCUT2D eigenvalue weighted by molar-refractivity contribution is 5.86. The van der Waals surface area contributed by atoms with Crippen molar-refractivity contribution >= 4 is 17.8 Å². The van der Waals surface area contributed by atoms with Crippen molar-refractivity contribution in [3.63, 3.8) is 0 Å². The Balaban J connectivity index is 1.70. The molecule has 7 heteroatoms. The van der Waals surface area contributed by atoms with Crippen LogP contribution >= 0.6 is 0 Å². The van der Waals surface area contributed by atoms with E-state index in [0.717, 1.165) is 29.5 Å². The van der Waals surface area contributed by atoms with Crippen LogP contribution in [0.2, 0.25) is 0 Å². The number of amides is 2. The van der Waals surface area contributed by atoms with Crippen molar-refractivity contribution < 1.29 is 24.2 Å². The highest BCUT2D eigenvalue weighted by Gasteiger charge is 2.28. The zero-order valence-corrected chi connectivity index (χ0v) is 26.1. The number of nitrogens with one attached hydrogen (secondary N) is 1. The molecule has 2 amide bonds. The van der Waals surface area contributed by atoms with E-state index in [2.05, 4.69) is 18.5 Å². The molecule has 0 fully saturated rings. The Morgan fingerprint density at radius 2 is 1.47 bits per heavy atom. The molecule has 0 spiro atoms. The lowest BCUT2D eigenvalue weighted by Gasteiger charge is -2.26. The van der Waals surface area contributed by atoms with Crippen LogP contribution in [0, 0.1) is 11.8 Å². The van der Waals surface area contributed by atoms with Crippen molar-refractivity contribution in [2.45, 2.75) is 51.2 Å². The average molecular weight is 611 g/mol. The van der Waals surface area contributed by atoms with Crippen LogP contribution < -0.4 is 5.32 Å². The first kappa shape index (κ1) is 35.0. The number of nitrogens with zero attached hydrogens (tertiary/aromatic N) is 1. The second-order valence-corrected chi connectivity index (χ2v) is 11.1. The fourth-order valence-electron chi connectivity index (χ4n) is 5.22. The molecule has 3 atom stereocenters. The van der Waals surface area contributed by atoms with E-state index in [1.54, 1.807) is 11.0 Å². The molecule has 0 saturated heterocycles. The number of ether oxygens (including phenoxy) is 1. The van der Waals surface area contributed by atoms with Gasteiger partial charge in [0.05, 0.1) is 25.0 Å². The summed E-state index contributed by atoms with van der Waals surface area (Å²) in [6.07, 6.45) is 5.87. The smallest absolute Gasteiger partial charge is 0.309 e. The van der Waals surface area contributed by atoms with Crippen LogP contribution in [0.15, 0.2) is 116 Å². The van der Waals surface area contributed by atoms with Crippen molar-refractivity contribution in [3.8, 4) is 0 Å². The topological polar surface area (TPSA) is 95.9 Å². The number of allylic oxidation sites excluding steroid dienone is 2.